The van der Waals surface area contributed by atoms with Crippen molar-refractivity contribution in [3.05, 3.63) is 18.0 Å². The van der Waals surface area contributed by atoms with E-state index in [9.17, 15) is 0 Å². The number of rotatable bonds is 5. The molecule has 90 valence electrons. The molecule has 0 aliphatic carbocycles. The van der Waals surface area contributed by atoms with Crippen LogP contribution in [-0.2, 0) is 11.3 Å². The topological polar surface area (TPSA) is 58.7 Å². The molecular weight excluding hydrogens is 208 g/mol. The summed E-state index contributed by atoms with van der Waals surface area (Å²) in [4.78, 5) is 2.33. The van der Waals surface area contributed by atoms with Crippen LogP contribution in [0.4, 0.5) is 0 Å². The molecule has 2 heterocycles. The first kappa shape index (κ1) is 11.6. The van der Waals surface area contributed by atoms with E-state index in [2.05, 4.69) is 10.1 Å². The average Bonchev–Trinajstić information content (AvgIpc) is 2.81. The van der Waals surface area contributed by atoms with Crippen LogP contribution in [0.2, 0.25) is 0 Å². The highest BCUT2D eigenvalue weighted by Gasteiger charge is 2.20. The Morgan fingerprint density at radius 2 is 2.31 bits per heavy atom. The zero-order valence-corrected chi connectivity index (χ0v) is 9.34. The molecule has 5 heteroatoms. The van der Waals surface area contributed by atoms with Gasteiger partial charge in [0, 0.05) is 19.2 Å². The first-order valence-electron chi connectivity index (χ1n) is 5.73. The number of piperidine rings is 1. The van der Waals surface area contributed by atoms with Gasteiger partial charge < -0.3 is 14.4 Å². The molecule has 0 radical (unpaired) electrons. The molecule has 1 aliphatic heterocycles. The lowest BCUT2D eigenvalue weighted by Crippen LogP contribution is -2.36. The molecule has 2 rings (SSSR count). The van der Waals surface area contributed by atoms with Gasteiger partial charge in [-0.3, -0.25) is 4.90 Å². The SMILES string of the molecule is OCCOC1CCN(Cc2ccno2)CC1. The number of aromatic nitrogens is 1. The van der Waals surface area contributed by atoms with E-state index < -0.39 is 0 Å². The fourth-order valence-corrected chi connectivity index (χ4v) is 2.00. The number of aliphatic hydroxyl groups excluding tert-OH is 1. The van der Waals surface area contributed by atoms with Crippen molar-refractivity contribution in [2.75, 3.05) is 26.3 Å². The molecule has 0 spiro atoms. The summed E-state index contributed by atoms with van der Waals surface area (Å²) in [6.45, 7) is 3.41. The molecule has 1 N–H and O–H groups in total. The summed E-state index contributed by atoms with van der Waals surface area (Å²) in [5.41, 5.74) is 0. The lowest BCUT2D eigenvalue weighted by atomic mass is 10.1. The van der Waals surface area contributed by atoms with Crippen molar-refractivity contribution in [3.8, 4) is 0 Å². The minimum atomic E-state index is 0.109. The van der Waals surface area contributed by atoms with Gasteiger partial charge in [0.05, 0.1) is 32.1 Å². The van der Waals surface area contributed by atoms with Crippen LogP contribution in [-0.4, -0.2) is 47.6 Å². The Kier molecular flexibility index (Phi) is 4.33. The monoisotopic (exact) mass is 226 g/mol. The summed E-state index contributed by atoms with van der Waals surface area (Å²) >= 11 is 0. The van der Waals surface area contributed by atoms with Crippen LogP contribution in [0.25, 0.3) is 0 Å². The Balaban J connectivity index is 1.69. The second kappa shape index (κ2) is 5.98. The summed E-state index contributed by atoms with van der Waals surface area (Å²) in [7, 11) is 0. The molecule has 0 amide bonds. The Bertz CT molecular complexity index is 281. The fraction of sp³-hybridized carbons (Fsp3) is 0.727. The Labute approximate surface area is 95.0 Å². The number of hydrogen-bond acceptors (Lipinski definition) is 5. The van der Waals surface area contributed by atoms with Crippen molar-refractivity contribution in [1.29, 1.82) is 0 Å². The molecule has 1 aliphatic rings. The average molecular weight is 226 g/mol. The summed E-state index contributed by atoms with van der Waals surface area (Å²) in [5.74, 6) is 0.912. The second-order valence-corrected chi connectivity index (χ2v) is 4.05. The van der Waals surface area contributed by atoms with E-state index >= 15 is 0 Å². The molecule has 16 heavy (non-hydrogen) atoms. The maximum Gasteiger partial charge on any atom is 0.150 e. The maximum absolute atomic E-state index is 8.67. The van der Waals surface area contributed by atoms with Gasteiger partial charge in [0.15, 0.2) is 5.76 Å². The third-order valence-corrected chi connectivity index (χ3v) is 2.85. The Hall–Kier alpha value is -0.910. The van der Waals surface area contributed by atoms with Crippen molar-refractivity contribution >= 4 is 0 Å². The quantitative estimate of drug-likeness (QED) is 0.798. The standard InChI is InChI=1S/C11H18N2O3/c14-7-8-15-10-2-5-13(6-3-10)9-11-1-4-12-16-11/h1,4,10,14H,2-3,5-9H2. The van der Waals surface area contributed by atoms with Crippen LogP contribution in [0.3, 0.4) is 0 Å². The minimum Gasteiger partial charge on any atom is -0.394 e. The van der Waals surface area contributed by atoms with Crippen molar-refractivity contribution in [2.45, 2.75) is 25.5 Å². The summed E-state index contributed by atoms with van der Waals surface area (Å²) < 4.78 is 10.6. The number of ether oxygens (including phenoxy) is 1. The molecular formula is C11H18N2O3. The zero-order chi connectivity index (χ0) is 11.2. The van der Waals surface area contributed by atoms with Crippen molar-refractivity contribution in [1.82, 2.24) is 10.1 Å². The van der Waals surface area contributed by atoms with Crippen LogP contribution in [0.15, 0.2) is 16.8 Å². The predicted octanol–water partition coefficient (Wildman–Crippen LogP) is 0.648. The van der Waals surface area contributed by atoms with Crippen molar-refractivity contribution in [3.63, 3.8) is 0 Å². The van der Waals surface area contributed by atoms with E-state index in [4.69, 9.17) is 14.4 Å². The summed E-state index contributed by atoms with van der Waals surface area (Å²) in [6, 6.07) is 1.90. The van der Waals surface area contributed by atoms with Crippen molar-refractivity contribution in [2.24, 2.45) is 0 Å². The van der Waals surface area contributed by atoms with E-state index in [-0.39, 0.29) is 6.61 Å². The van der Waals surface area contributed by atoms with Crippen molar-refractivity contribution < 1.29 is 14.4 Å². The maximum atomic E-state index is 8.67. The lowest BCUT2D eigenvalue weighted by Gasteiger charge is -2.30. The van der Waals surface area contributed by atoms with Gasteiger partial charge in [0.25, 0.3) is 0 Å². The summed E-state index contributed by atoms with van der Waals surface area (Å²) in [5, 5.41) is 12.4. The molecule has 0 atom stereocenters. The van der Waals surface area contributed by atoms with Crippen LogP contribution >= 0.6 is 0 Å². The van der Waals surface area contributed by atoms with Gasteiger partial charge in [0.1, 0.15) is 0 Å². The zero-order valence-electron chi connectivity index (χ0n) is 9.34. The van der Waals surface area contributed by atoms with Gasteiger partial charge in [-0.2, -0.15) is 0 Å². The van der Waals surface area contributed by atoms with E-state index in [1.54, 1.807) is 6.20 Å². The third-order valence-electron chi connectivity index (χ3n) is 2.85. The number of aliphatic hydroxyl groups is 1. The number of hydrogen-bond donors (Lipinski definition) is 1. The largest absolute Gasteiger partial charge is 0.394 e. The van der Waals surface area contributed by atoms with Gasteiger partial charge in [-0.1, -0.05) is 5.16 Å². The fourth-order valence-electron chi connectivity index (χ4n) is 2.00. The molecule has 1 aromatic heterocycles. The first-order chi connectivity index (χ1) is 7.88. The Morgan fingerprint density at radius 1 is 1.50 bits per heavy atom. The molecule has 1 saturated heterocycles. The van der Waals surface area contributed by atoms with Crippen LogP contribution < -0.4 is 0 Å². The van der Waals surface area contributed by atoms with Gasteiger partial charge >= 0.3 is 0 Å². The Morgan fingerprint density at radius 3 is 2.94 bits per heavy atom. The molecule has 0 aromatic carbocycles. The molecule has 1 fully saturated rings. The van der Waals surface area contributed by atoms with Crippen LogP contribution in [0.5, 0.6) is 0 Å². The molecule has 0 unspecified atom stereocenters. The second-order valence-electron chi connectivity index (χ2n) is 4.05. The molecule has 0 saturated carbocycles. The number of likely N-dealkylation sites (tertiary alicyclic amines) is 1. The number of nitrogens with zero attached hydrogens (tertiary/aromatic N) is 2. The van der Waals surface area contributed by atoms with Gasteiger partial charge in [-0.05, 0) is 12.8 Å². The minimum absolute atomic E-state index is 0.109. The highest BCUT2D eigenvalue weighted by molar-refractivity contribution is 4.93. The third kappa shape index (κ3) is 3.30. The van der Waals surface area contributed by atoms with Crippen LogP contribution in [0.1, 0.15) is 18.6 Å². The van der Waals surface area contributed by atoms with E-state index in [1.165, 1.54) is 0 Å². The highest BCUT2D eigenvalue weighted by Crippen LogP contribution is 2.15. The molecule has 0 bridgehead atoms. The van der Waals surface area contributed by atoms with E-state index in [0.29, 0.717) is 12.7 Å². The normalized spacial score (nSPS) is 19.1. The molecule has 1 aromatic rings. The lowest BCUT2D eigenvalue weighted by molar-refractivity contribution is -0.0101. The molecule has 5 nitrogen and oxygen atoms in total. The van der Waals surface area contributed by atoms with Crippen LogP contribution in [0, 0.1) is 0 Å². The van der Waals surface area contributed by atoms with Gasteiger partial charge in [-0.25, -0.2) is 0 Å². The van der Waals surface area contributed by atoms with E-state index in [1.807, 2.05) is 6.07 Å². The highest BCUT2D eigenvalue weighted by atomic mass is 16.5. The smallest absolute Gasteiger partial charge is 0.150 e. The van der Waals surface area contributed by atoms with E-state index in [0.717, 1.165) is 38.2 Å². The van der Waals surface area contributed by atoms with Gasteiger partial charge in [0.2, 0.25) is 0 Å². The van der Waals surface area contributed by atoms with Gasteiger partial charge in [-0.15, -0.1) is 0 Å². The predicted molar refractivity (Wildman–Crippen MR) is 57.8 cm³/mol. The summed E-state index contributed by atoms with van der Waals surface area (Å²) in [6.07, 6.45) is 4.02. The first-order valence-corrected chi connectivity index (χ1v) is 5.73.